The van der Waals surface area contributed by atoms with Crippen LogP contribution >= 0.6 is 25.3 Å². The lowest BCUT2D eigenvalue weighted by atomic mass is 10.1. The van der Waals surface area contributed by atoms with Gasteiger partial charge in [0.05, 0.1) is 30.8 Å². The SMILES string of the molecule is C[C@H](NC(=O)[C@H](CS)NC(=O)[C@@H](NC(=O)[C@H](C)NC(=O)[C@@H](NC(=O)[C@H](CC(N)=O)NC(=O)[C@H](CS)NC(=O)[C@@H](N)CCCCN)[C@@H](C)O)[C@@H](C)O)C(=O)N[C@H](C(=O)O)[C@@H](C)O. The van der Waals surface area contributed by atoms with Gasteiger partial charge in [0.25, 0.3) is 0 Å². The first-order valence-electron chi connectivity index (χ1n) is 19.0. The van der Waals surface area contributed by atoms with E-state index < -0.39 is 138 Å². The Morgan fingerprint density at radius 2 is 0.869 bits per heavy atom. The predicted molar refractivity (Wildman–Crippen MR) is 222 cm³/mol. The largest absolute Gasteiger partial charge is 0.480 e. The zero-order valence-corrected chi connectivity index (χ0v) is 36.2. The molecule has 0 saturated heterocycles. The number of amides is 9. The van der Waals surface area contributed by atoms with Gasteiger partial charge in [0.1, 0.15) is 42.3 Å². The lowest BCUT2D eigenvalue weighted by molar-refractivity contribution is -0.145. The molecule has 0 bridgehead atoms. The van der Waals surface area contributed by atoms with Crippen LogP contribution in [-0.2, 0) is 47.9 Å². The summed E-state index contributed by atoms with van der Waals surface area (Å²) in [5.74, 6) is -11.4. The minimum absolute atomic E-state index is 0.261. The molecule has 0 fully saturated rings. The molecule has 27 heteroatoms. The monoisotopic (exact) mass is 911 g/mol. The minimum atomic E-state index is -1.82. The molecule has 61 heavy (non-hydrogen) atoms. The molecule has 9 amide bonds. The fourth-order valence-electron chi connectivity index (χ4n) is 5.01. The first kappa shape index (κ1) is 56.2. The molecule has 0 radical (unpaired) electrons. The van der Waals surface area contributed by atoms with Crippen LogP contribution < -0.4 is 59.7 Å². The lowest BCUT2D eigenvalue weighted by Gasteiger charge is -2.28. The van der Waals surface area contributed by atoms with Crippen molar-refractivity contribution in [1.82, 2.24) is 42.5 Å². The van der Waals surface area contributed by atoms with Crippen LogP contribution in [0.4, 0.5) is 0 Å². The Morgan fingerprint density at radius 3 is 1.28 bits per heavy atom. The predicted octanol–water partition coefficient (Wildman–Crippen LogP) is -7.68. The first-order valence-corrected chi connectivity index (χ1v) is 20.2. The molecule has 0 rings (SSSR count). The van der Waals surface area contributed by atoms with Crippen LogP contribution in [-0.4, -0.2) is 170 Å². The molecule has 0 aromatic heterocycles. The highest BCUT2D eigenvalue weighted by Gasteiger charge is 2.36. The van der Waals surface area contributed by atoms with Crippen LogP contribution in [0.1, 0.15) is 60.3 Å². The Bertz CT molecular complexity index is 1560. The van der Waals surface area contributed by atoms with Gasteiger partial charge in [-0.1, -0.05) is 6.42 Å². The molecule has 0 heterocycles. The van der Waals surface area contributed by atoms with E-state index in [1.165, 1.54) is 6.92 Å². The van der Waals surface area contributed by atoms with Gasteiger partial charge in [-0.25, -0.2) is 4.79 Å². The standard InChI is InChI=1S/C34H61N11O14S2/c1-13(27(51)45-25(17(5)48)34(58)59)38-30(54)20(11-60)42-33(57)24(16(4)47)43-26(50)14(2)39-32(56)23(15(3)46)44-29(53)19(10-22(37)49)40-31(55)21(12-61)41-28(52)18(36)8-6-7-9-35/h13-21,23-25,46-48,60-61H,6-12,35-36H2,1-5H3,(H2,37,49)(H,38,54)(H,39,56)(H,40,55)(H,41,52)(H,42,57)(H,43,50)(H,44,53)(H,45,51)(H,58,59)/t13-,14-,15+,16+,17+,18-,19-,20-,21-,23-,24-,25-/m0/s1. The van der Waals surface area contributed by atoms with Crippen LogP contribution in [0.2, 0.25) is 0 Å². The summed E-state index contributed by atoms with van der Waals surface area (Å²) in [6.45, 7) is 6.06. The van der Waals surface area contributed by atoms with Crippen LogP contribution in [0.25, 0.3) is 0 Å². The van der Waals surface area contributed by atoms with E-state index in [1.807, 2.05) is 0 Å². The number of aliphatic hydroxyl groups is 3. The first-order chi connectivity index (χ1) is 28.3. The highest BCUT2D eigenvalue weighted by atomic mass is 32.1. The van der Waals surface area contributed by atoms with Gasteiger partial charge in [0.2, 0.25) is 53.2 Å². The van der Waals surface area contributed by atoms with Crippen molar-refractivity contribution in [1.29, 1.82) is 0 Å². The Morgan fingerprint density at radius 1 is 0.508 bits per heavy atom. The van der Waals surface area contributed by atoms with E-state index in [9.17, 15) is 68.4 Å². The molecule has 12 atom stereocenters. The van der Waals surface area contributed by atoms with Crippen LogP contribution in [0.3, 0.4) is 0 Å². The molecule has 0 unspecified atom stereocenters. The molecule has 0 saturated carbocycles. The Hall–Kier alpha value is -4.80. The Balaban J connectivity index is 5.75. The van der Waals surface area contributed by atoms with Crippen molar-refractivity contribution in [2.75, 3.05) is 18.1 Å². The number of hydrogen-bond acceptors (Lipinski definition) is 17. The molecule has 25 nitrogen and oxygen atoms in total. The van der Waals surface area contributed by atoms with Gasteiger partial charge >= 0.3 is 5.97 Å². The van der Waals surface area contributed by atoms with E-state index in [0.29, 0.717) is 19.4 Å². The van der Waals surface area contributed by atoms with E-state index in [0.717, 1.165) is 27.7 Å². The van der Waals surface area contributed by atoms with Gasteiger partial charge in [-0.15, -0.1) is 0 Å². The van der Waals surface area contributed by atoms with Gasteiger partial charge in [-0.2, -0.15) is 25.3 Å². The smallest absolute Gasteiger partial charge is 0.328 e. The second kappa shape index (κ2) is 27.9. The summed E-state index contributed by atoms with van der Waals surface area (Å²) in [6.07, 6.45) is -4.10. The lowest BCUT2D eigenvalue weighted by Crippen LogP contribution is -2.62. The normalized spacial score (nSPS) is 17.0. The Labute approximate surface area is 362 Å². The third-order valence-electron chi connectivity index (χ3n) is 8.65. The number of hydrogen-bond donors (Lipinski definition) is 17. The molecular formula is C34H61N11O14S2. The number of unbranched alkanes of at least 4 members (excludes halogenated alkanes) is 1. The zero-order chi connectivity index (χ0) is 47.3. The minimum Gasteiger partial charge on any atom is -0.480 e. The van der Waals surface area contributed by atoms with Crippen molar-refractivity contribution in [3.05, 3.63) is 0 Å². The Kier molecular flexibility index (Phi) is 25.7. The van der Waals surface area contributed by atoms with Crippen molar-refractivity contribution in [2.24, 2.45) is 17.2 Å². The van der Waals surface area contributed by atoms with Gasteiger partial charge in [0.15, 0.2) is 6.04 Å². The fourth-order valence-corrected chi connectivity index (χ4v) is 5.52. The summed E-state index contributed by atoms with van der Waals surface area (Å²) < 4.78 is 0. The third-order valence-corrected chi connectivity index (χ3v) is 9.38. The summed E-state index contributed by atoms with van der Waals surface area (Å²) in [6, 6.07) is -13.7. The van der Waals surface area contributed by atoms with Crippen LogP contribution in [0.5, 0.6) is 0 Å². The van der Waals surface area contributed by atoms with E-state index in [-0.39, 0.29) is 17.9 Å². The third kappa shape index (κ3) is 20.1. The molecular weight excluding hydrogens is 851 g/mol. The average molecular weight is 912 g/mol. The number of thiol groups is 2. The topological polar surface area (TPSA) is 426 Å². The molecule has 0 aliphatic carbocycles. The second-order valence-corrected chi connectivity index (χ2v) is 14.8. The van der Waals surface area contributed by atoms with Crippen molar-refractivity contribution in [2.45, 2.75) is 133 Å². The molecule has 0 spiro atoms. The summed E-state index contributed by atoms with van der Waals surface area (Å²) in [4.78, 5) is 127. The van der Waals surface area contributed by atoms with Gasteiger partial charge in [-0.05, 0) is 54.0 Å². The number of nitrogens with two attached hydrogens (primary N) is 3. The van der Waals surface area contributed by atoms with Crippen LogP contribution in [0.15, 0.2) is 0 Å². The highest BCUT2D eigenvalue weighted by Crippen LogP contribution is 2.05. The highest BCUT2D eigenvalue weighted by molar-refractivity contribution is 7.80. The number of carboxylic acids is 1. The van der Waals surface area contributed by atoms with Crippen LogP contribution in [0, 0.1) is 0 Å². The van der Waals surface area contributed by atoms with E-state index >= 15 is 0 Å². The molecule has 348 valence electrons. The maximum Gasteiger partial charge on any atom is 0.328 e. The number of rotatable bonds is 28. The number of carbonyl (C=O) groups excluding carboxylic acids is 9. The van der Waals surface area contributed by atoms with Crippen molar-refractivity contribution >= 4 is 84.4 Å². The summed E-state index contributed by atoms with van der Waals surface area (Å²) in [5.41, 5.74) is 16.6. The molecule has 18 N–H and O–H groups in total. The molecule has 0 aromatic rings. The van der Waals surface area contributed by atoms with E-state index in [2.05, 4.69) is 67.8 Å². The van der Waals surface area contributed by atoms with E-state index in [4.69, 9.17) is 17.2 Å². The van der Waals surface area contributed by atoms with Crippen molar-refractivity contribution in [3.8, 4) is 0 Å². The van der Waals surface area contributed by atoms with E-state index in [1.54, 1.807) is 0 Å². The molecule has 0 aromatic carbocycles. The van der Waals surface area contributed by atoms with Crippen molar-refractivity contribution in [3.63, 3.8) is 0 Å². The quantitative estimate of drug-likeness (QED) is 0.0256. The number of primary amides is 1. The fraction of sp³-hybridized carbons (Fsp3) is 0.706. The maximum atomic E-state index is 13.3. The van der Waals surface area contributed by atoms with Crippen molar-refractivity contribution < 1.29 is 68.4 Å². The number of carbonyl (C=O) groups is 10. The summed E-state index contributed by atoms with van der Waals surface area (Å²) in [5, 5.41) is 57.2. The second-order valence-electron chi connectivity index (χ2n) is 14.1. The zero-order valence-electron chi connectivity index (χ0n) is 34.4. The molecule has 0 aliphatic heterocycles. The van der Waals surface area contributed by atoms with Gasteiger partial charge < -0.3 is 80.2 Å². The van der Waals surface area contributed by atoms with Gasteiger partial charge in [0, 0.05) is 11.5 Å². The van der Waals surface area contributed by atoms with Gasteiger partial charge in [-0.3, -0.25) is 43.2 Å². The number of aliphatic hydroxyl groups excluding tert-OH is 3. The maximum absolute atomic E-state index is 13.3. The summed E-state index contributed by atoms with van der Waals surface area (Å²) in [7, 11) is 0. The average Bonchev–Trinajstić information content (AvgIpc) is 3.17. The number of nitrogens with one attached hydrogen (secondary N) is 8. The number of carboxylic acid groups (broad SMARTS) is 1. The molecule has 0 aliphatic rings. The summed E-state index contributed by atoms with van der Waals surface area (Å²) >= 11 is 8.08. The number of aliphatic carboxylic acids is 1.